The third-order valence-electron chi connectivity index (χ3n) is 4.19. The topological polar surface area (TPSA) is 73.3 Å². The number of aryl methyl sites for hydroxylation is 3. The van der Waals surface area contributed by atoms with Crippen molar-refractivity contribution < 1.29 is 15.0 Å². The number of benzene rings is 2. The van der Waals surface area contributed by atoms with Crippen molar-refractivity contribution in [3.63, 3.8) is 0 Å². The minimum absolute atomic E-state index is 0.167. The van der Waals surface area contributed by atoms with E-state index in [9.17, 15) is 4.79 Å². The molecule has 246 valence electrons. The van der Waals surface area contributed by atoms with Crippen LogP contribution in [0.4, 0.5) is 0 Å². The van der Waals surface area contributed by atoms with Gasteiger partial charge in [0.15, 0.2) is 0 Å². The van der Waals surface area contributed by atoms with Gasteiger partial charge in [0.25, 0.3) is 0 Å². The van der Waals surface area contributed by atoms with Gasteiger partial charge in [-0.1, -0.05) is 124 Å². The molecule has 0 fully saturated rings. The predicted molar refractivity (Wildman–Crippen MR) is 192 cm³/mol. The van der Waals surface area contributed by atoms with Crippen LogP contribution in [0.1, 0.15) is 133 Å². The van der Waals surface area contributed by atoms with E-state index >= 15 is 0 Å². The summed E-state index contributed by atoms with van der Waals surface area (Å²) in [6.45, 7) is 30.2. The first-order valence-electron chi connectivity index (χ1n) is 16.2. The number of Topliss-reactive ketones (excluding diaryl/α,β-unsaturated/α-hetero) is 1. The Labute approximate surface area is 262 Å². The van der Waals surface area contributed by atoms with Crippen molar-refractivity contribution in [2.24, 2.45) is 5.92 Å². The van der Waals surface area contributed by atoms with Crippen molar-refractivity contribution in [1.29, 1.82) is 0 Å². The minimum atomic E-state index is -0.167. The van der Waals surface area contributed by atoms with Crippen LogP contribution in [0, 0.1) is 12.8 Å². The molecule has 0 atom stereocenters. The molecule has 3 N–H and O–H groups in total. The van der Waals surface area contributed by atoms with Crippen LogP contribution in [0.3, 0.4) is 0 Å². The highest BCUT2D eigenvalue weighted by molar-refractivity contribution is 5.82. The summed E-state index contributed by atoms with van der Waals surface area (Å²) in [5.41, 5.74) is 5.40. The van der Waals surface area contributed by atoms with Gasteiger partial charge < -0.3 is 20.0 Å². The Balaban J connectivity index is -0.000000134. The molecule has 1 aromatic heterocycles. The maximum Gasteiger partial charge on any atom is 0.129 e. The predicted octanol–water partition coefficient (Wildman–Crippen LogP) is 11.2. The number of aliphatic hydroxyl groups excluding tert-OH is 2. The molecule has 3 rings (SSSR count). The zero-order chi connectivity index (χ0) is 33.9. The number of para-hydroxylation sites is 1. The van der Waals surface area contributed by atoms with E-state index in [-0.39, 0.29) is 18.5 Å². The second kappa shape index (κ2) is 38.6. The van der Waals surface area contributed by atoms with Gasteiger partial charge in [0, 0.05) is 36.2 Å². The lowest BCUT2D eigenvalue weighted by atomic mass is 10.1. The van der Waals surface area contributed by atoms with Crippen LogP contribution >= 0.6 is 0 Å². The molecule has 0 radical (unpaired) electrons. The molecule has 0 saturated carbocycles. The number of carbonyl (C=O) groups is 1. The van der Waals surface area contributed by atoms with Crippen molar-refractivity contribution >= 4 is 16.7 Å². The Hall–Kier alpha value is -2.43. The van der Waals surface area contributed by atoms with E-state index in [0.717, 1.165) is 31.6 Å². The highest BCUT2D eigenvalue weighted by Gasteiger charge is 1.98. The summed E-state index contributed by atoms with van der Waals surface area (Å²) in [7, 11) is 0. The van der Waals surface area contributed by atoms with Gasteiger partial charge in [-0.15, -0.1) is 0 Å². The van der Waals surface area contributed by atoms with Crippen LogP contribution in [-0.4, -0.2) is 33.7 Å². The van der Waals surface area contributed by atoms with Gasteiger partial charge in [0.1, 0.15) is 5.78 Å². The Morgan fingerprint density at radius 2 is 1.21 bits per heavy atom. The van der Waals surface area contributed by atoms with E-state index < -0.39 is 0 Å². The van der Waals surface area contributed by atoms with Gasteiger partial charge in [-0.05, 0) is 77.0 Å². The minimum Gasteiger partial charge on any atom is -0.397 e. The molecule has 0 aliphatic heterocycles. The zero-order valence-corrected chi connectivity index (χ0v) is 30.4. The molecule has 1 heterocycles. The van der Waals surface area contributed by atoms with Crippen LogP contribution in [0.25, 0.3) is 10.9 Å². The number of aromatic nitrogens is 1. The smallest absolute Gasteiger partial charge is 0.129 e. The largest absolute Gasteiger partial charge is 0.397 e. The number of rotatable bonds is 4. The fraction of sp³-hybridized carbons (Fsp3) is 0.605. The van der Waals surface area contributed by atoms with Gasteiger partial charge in [0.2, 0.25) is 0 Å². The molecule has 0 aliphatic rings. The lowest BCUT2D eigenvalue weighted by Crippen LogP contribution is -1.85. The number of hydrogen-bond acceptors (Lipinski definition) is 3. The molecule has 0 aliphatic carbocycles. The second-order valence-corrected chi connectivity index (χ2v) is 10.4. The molecule has 4 nitrogen and oxygen atoms in total. The van der Waals surface area contributed by atoms with Crippen LogP contribution < -0.4 is 0 Å². The molecule has 0 unspecified atom stereocenters. The molecular weight excluding hydrogens is 518 g/mol. The van der Waals surface area contributed by atoms with Crippen molar-refractivity contribution in [3.8, 4) is 0 Å². The molecule has 0 saturated heterocycles. The van der Waals surface area contributed by atoms with E-state index in [2.05, 4.69) is 115 Å². The number of aliphatic hydroxyl groups is 2. The summed E-state index contributed by atoms with van der Waals surface area (Å²) >= 11 is 0. The molecule has 0 amide bonds. The molecule has 0 spiro atoms. The molecule has 3 aromatic rings. The van der Waals surface area contributed by atoms with Gasteiger partial charge in [-0.25, -0.2) is 0 Å². The summed E-state index contributed by atoms with van der Waals surface area (Å²) in [5, 5.41) is 17.0. The lowest BCUT2D eigenvalue weighted by molar-refractivity contribution is -0.117. The first-order chi connectivity index (χ1) is 19.8. The highest BCUT2D eigenvalue weighted by Crippen LogP contribution is 2.17. The third kappa shape index (κ3) is 42.0. The van der Waals surface area contributed by atoms with E-state index in [1.807, 2.05) is 20.8 Å². The Morgan fingerprint density at radius 3 is 1.52 bits per heavy atom. The fourth-order valence-electron chi connectivity index (χ4n) is 2.60. The average molecular weight is 590 g/mol. The number of aromatic amines is 1. The maximum absolute atomic E-state index is 10.0. The summed E-state index contributed by atoms with van der Waals surface area (Å²) in [6.07, 6.45) is 7.13. The number of hydrogen-bond donors (Lipinski definition) is 3. The van der Waals surface area contributed by atoms with E-state index in [4.69, 9.17) is 10.2 Å². The van der Waals surface area contributed by atoms with Crippen LogP contribution in [0.2, 0.25) is 0 Å². The Morgan fingerprint density at radius 1 is 0.810 bits per heavy atom. The van der Waals surface area contributed by atoms with Crippen molar-refractivity contribution in [2.45, 2.75) is 142 Å². The molecule has 4 heteroatoms. The van der Waals surface area contributed by atoms with Crippen LogP contribution in [0.5, 0.6) is 0 Å². The number of fused-ring (bicyclic) bond motifs is 1. The molecule has 0 bridgehead atoms. The SMILES string of the molecule is CC.CC(C)C.CC(C)O.CCC.CCCC(C)=O.CCO.CCc1c[nH]c2ccccc12.CCc1ccc(C)cc1. The standard InChI is InChI=1S/C10H11N.C9H12.C5H10O.C4H10.C3H8O.C3H8.C2H6O.C2H6/c1-2-8-7-11-10-6-4-3-5-9(8)10;1-3-9-6-4-8(2)5-7-9;1-3-4-5(2)6;1-4(2)3;1-3(2)4;1-3-2;1-2-3;1-2/h3-7,11H,2H2,1H3;4-7H,3H2,1-2H3;3-4H2,1-2H3;4H,1-3H3;3-4H,1-2H3;3H2,1-2H3;3H,2H2,1H3;1-2H3. The number of H-pyrrole nitrogens is 1. The highest BCUT2D eigenvalue weighted by atomic mass is 16.3. The van der Waals surface area contributed by atoms with Crippen molar-refractivity contribution in [2.75, 3.05) is 6.61 Å². The quantitative estimate of drug-likeness (QED) is 0.283. The van der Waals surface area contributed by atoms with Crippen LogP contribution in [-0.2, 0) is 17.6 Å². The second-order valence-electron chi connectivity index (χ2n) is 10.4. The number of nitrogens with one attached hydrogen (secondary N) is 1. The summed E-state index contributed by atoms with van der Waals surface area (Å²) < 4.78 is 0. The maximum atomic E-state index is 10.0. The lowest BCUT2D eigenvalue weighted by Gasteiger charge is -1.94. The first-order valence-corrected chi connectivity index (χ1v) is 16.2. The van der Waals surface area contributed by atoms with Gasteiger partial charge in [-0.2, -0.15) is 0 Å². The van der Waals surface area contributed by atoms with E-state index in [1.54, 1.807) is 27.7 Å². The normalized spacial score (nSPS) is 8.74. The monoisotopic (exact) mass is 590 g/mol. The summed E-state index contributed by atoms with van der Waals surface area (Å²) in [4.78, 5) is 13.3. The first kappa shape index (κ1) is 49.3. The fourth-order valence-corrected chi connectivity index (χ4v) is 2.60. The third-order valence-corrected chi connectivity index (χ3v) is 4.19. The number of carbonyl (C=O) groups excluding carboxylic acids is 1. The van der Waals surface area contributed by atoms with Crippen LogP contribution in [0.15, 0.2) is 54.7 Å². The Bertz CT molecular complexity index is 883. The number of ketones is 1. The van der Waals surface area contributed by atoms with Crippen molar-refractivity contribution in [3.05, 3.63) is 71.4 Å². The van der Waals surface area contributed by atoms with Crippen molar-refractivity contribution in [1.82, 2.24) is 4.98 Å². The summed E-state index contributed by atoms with van der Waals surface area (Å²) in [6, 6.07) is 17.1. The van der Waals surface area contributed by atoms with E-state index in [0.29, 0.717) is 0 Å². The summed E-state index contributed by atoms with van der Waals surface area (Å²) in [5.74, 6) is 1.12. The molecule has 2 aromatic carbocycles. The molecular formula is C38H71NO3. The Kier molecular flexibility index (Phi) is 45.2. The van der Waals surface area contributed by atoms with Gasteiger partial charge in [0.05, 0.1) is 0 Å². The molecule has 42 heavy (non-hydrogen) atoms. The average Bonchev–Trinajstić information content (AvgIpc) is 3.35. The zero-order valence-electron chi connectivity index (χ0n) is 30.4. The van der Waals surface area contributed by atoms with E-state index in [1.165, 1.54) is 34.0 Å². The van der Waals surface area contributed by atoms with Gasteiger partial charge >= 0.3 is 0 Å². The van der Waals surface area contributed by atoms with Gasteiger partial charge in [-0.3, -0.25) is 0 Å².